The number of aromatic nitrogens is 3. The van der Waals surface area contributed by atoms with E-state index in [2.05, 4.69) is 42.5 Å². The second-order valence-corrected chi connectivity index (χ2v) is 7.41. The van der Waals surface area contributed by atoms with Crippen molar-refractivity contribution >= 4 is 27.4 Å². The van der Waals surface area contributed by atoms with Crippen molar-refractivity contribution in [3.63, 3.8) is 0 Å². The first-order valence-electron chi connectivity index (χ1n) is 8.76. The molecule has 3 N–H and O–H groups in total. The number of nitrogens with zero attached hydrogens (tertiary/aromatic N) is 4. The normalized spacial score (nSPS) is 15.2. The molecule has 1 aromatic carbocycles. The molecule has 8 heteroatoms. The molecule has 3 aromatic rings. The number of fused-ring (bicyclic) bond motifs is 2. The van der Waals surface area contributed by atoms with Crippen LogP contribution in [-0.4, -0.2) is 39.4 Å². The molecule has 0 spiro atoms. The van der Waals surface area contributed by atoms with Gasteiger partial charge >= 0.3 is 0 Å². The molecule has 1 aliphatic heterocycles. The molecule has 3 heterocycles. The molecular weight excluding hydrogens is 348 g/mol. The van der Waals surface area contributed by atoms with Crippen LogP contribution in [-0.2, 0) is 19.5 Å². The van der Waals surface area contributed by atoms with E-state index in [-0.39, 0.29) is 0 Å². The molecule has 0 radical (unpaired) electrons. The highest BCUT2D eigenvalue weighted by atomic mass is 32.1. The van der Waals surface area contributed by atoms with Crippen LogP contribution in [0.5, 0.6) is 0 Å². The van der Waals surface area contributed by atoms with E-state index in [1.165, 1.54) is 4.70 Å². The lowest BCUT2D eigenvalue weighted by molar-refractivity contribution is 0.184. The van der Waals surface area contributed by atoms with Crippen LogP contribution in [0.15, 0.2) is 35.3 Å². The van der Waals surface area contributed by atoms with Crippen LogP contribution in [0.1, 0.15) is 29.1 Å². The largest absolute Gasteiger partial charge is 0.386 e. The Balaban J connectivity index is 1.33. The van der Waals surface area contributed by atoms with Gasteiger partial charge < -0.3 is 20.3 Å². The monoisotopic (exact) mass is 370 g/mol. The lowest BCUT2D eigenvalue weighted by atomic mass is 10.2. The van der Waals surface area contributed by atoms with Gasteiger partial charge in [0, 0.05) is 36.1 Å². The summed E-state index contributed by atoms with van der Waals surface area (Å²) in [5.41, 5.74) is 0. The number of thiophene rings is 1. The molecule has 136 valence electrons. The van der Waals surface area contributed by atoms with Gasteiger partial charge in [-0.3, -0.25) is 4.99 Å². The second-order valence-electron chi connectivity index (χ2n) is 6.30. The molecule has 0 aliphatic carbocycles. The highest BCUT2D eigenvalue weighted by Crippen LogP contribution is 2.29. The molecule has 0 amide bonds. The number of hydrogen-bond acceptors (Lipinski definition) is 5. The fourth-order valence-corrected chi connectivity index (χ4v) is 4.24. The van der Waals surface area contributed by atoms with E-state index in [0.29, 0.717) is 19.0 Å². The summed E-state index contributed by atoms with van der Waals surface area (Å²) in [6, 6.07) is 10.2. The summed E-state index contributed by atoms with van der Waals surface area (Å²) >= 11 is 1.62. The SMILES string of the molecule is CN=C(NCc1nnc2n1CCC2)NCC(O)c1cc2ccccc2s1. The Labute approximate surface area is 155 Å². The molecular formula is C18H22N6OS. The molecule has 1 unspecified atom stereocenters. The summed E-state index contributed by atoms with van der Waals surface area (Å²) in [6.07, 6.45) is 1.55. The summed E-state index contributed by atoms with van der Waals surface area (Å²) in [5, 5.41) is 26.5. The highest BCUT2D eigenvalue weighted by Gasteiger charge is 2.17. The molecule has 0 fully saturated rings. The maximum Gasteiger partial charge on any atom is 0.191 e. The number of hydrogen-bond donors (Lipinski definition) is 3. The van der Waals surface area contributed by atoms with Gasteiger partial charge in [0.05, 0.1) is 6.54 Å². The van der Waals surface area contributed by atoms with Gasteiger partial charge in [-0.15, -0.1) is 21.5 Å². The van der Waals surface area contributed by atoms with Crippen LogP contribution < -0.4 is 10.6 Å². The first-order chi connectivity index (χ1) is 12.7. The Bertz CT molecular complexity index is 898. The molecule has 1 atom stereocenters. The van der Waals surface area contributed by atoms with Gasteiger partial charge in [0.1, 0.15) is 11.9 Å². The number of benzene rings is 1. The van der Waals surface area contributed by atoms with Crippen LogP contribution in [0.4, 0.5) is 0 Å². The fourth-order valence-electron chi connectivity index (χ4n) is 3.19. The van der Waals surface area contributed by atoms with Crippen molar-refractivity contribution in [2.75, 3.05) is 13.6 Å². The van der Waals surface area contributed by atoms with E-state index in [1.54, 1.807) is 18.4 Å². The number of aliphatic hydroxyl groups is 1. The smallest absolute Gasteiger partial charge is 0.191 e. The van der Waals surface area contributed by atoms with Gasteiger partial charge in [-0.2, -0.15) is 0 Å². The number of guanidine groups is 1. The molecule has 1 aliphatic rings. The van der Waals surface area contributed by atoms with Crippen LogP contribution in [0.25, 0.3) is 10.1 Å². The first-order valence-corrected chi connectivity index (χ1v) is 9.58. The minimum absolute atomic E-state index is 0.393. The minimum Gasteiger partial charge on any atom is -0.386 e. The lowest BCUT2D eigenvalue weighted by Crippen LogP contribution is -2.39. The summed E-state index contributed by atoms with van der Waals surface area (Å²) in [7, 11) is 1.72. The molecule has 26 heavy (non-hydrogen) atoms. The zero-order valence-corrected chi connectivity index (χ0v) is 15.5. The van der Waals surface area contributed by atoms with E-state index in [9.17, 15) is 5.11 Å². The standard InChI is InChI=1S/C18H22N6OS/c1-19-18(21-11-17-23-22-16-7-4-8-24(16)17)20-10-13(25)15-9-12-5-2-3-6-14(12)26-15/h2-3,5-6,9,13,25H,4,7-8,10-11H2,1H3,(H2,19,20,21). The molecule has 0 saturated heterocycles. The number of nitrogens with one attached hydrogen (secondary N) is 2. The molecule has 0 saturated carbocycles. The van der Waals surface area contributed by atoms with Crippen molar-refractivity contribution in [3.05, 3.63) is 46.9 Å². The van der Waals surface area contributed by atoms with E-state index < -0.39 is 6.10 Å². The van der Waals surface area contributed by atoms with E-state index in [0.717, 1.165) is 41.3 Å². The van der Waals surface area contributed by atoms with Crippen molar-refractivity contribution in [2.45, 2.75) is 32.0 Å². The van der Waals surface area contributed by atoms with Crippen molar-refractivity contribution in [3.8, 4) is 0 Å². The number of aliphatic imine (C=N–C) groups is 1. The topological polar surface area (TPSA) is 87.4 Å². The second kappa shape index (κ2) is 7.43. The van der Waals surface area contributed by atoms with Crippen LogP contribution in [0.3, 0.4) is 0 Å². The van der Waals surface area contributed by atoms with Crippen LogP contribution >= 0.6 is 11.3 Å². The fraction of sp³-hybridized carbons (Fsp3) is 0.389. The molecule has 0 bridgehead atoms. The molecule has 2 aromatic heterocycles. The lowest BCUT2D eigenvalue weighted by Gasteiger charge is -2.14. The number of aryl methyl sites for hydroxylation is 1. The predicted octanol–water partition coefficient (Wildman–Crippen LogP) is 1.84. The van der Waals surface area contributed by atoms with Gasteiger partial charge in [-0.1, -0.05) is 18.2 Å². The zero-order chi connectivity index (χ0) is 17.9. The Morgan fingerprint density at radius 2 is 2.23 bits per heavy atom. The maximum absolute atomic E-state index is 10.5. The van der Waals surface area contributed by atoms with E-state index in [4.69, 9.17) is 0 Å². The van der Waals surface area contributed by atoms with Gasteiger partial charge in [0.2, 0.25) is 0 Å². The highest BCUT2D eigenvalue weighted by molar-refractivity contribution is 7.19. The van der Waals surface area contributed by atoms with E-state index in [1.807, 2.05) is 18.2 Å². The van der Waals surface area contributed by atoms with Crippen LogP contribution in [0, 0.1) is 0 Å². The maximum atomic E-state index is 10.5. The van der Waals surface area contributed by atoms with Crippen molar-refractivity contribution in [2.24, 2.45) is 4.99 Å². The molecule has 7 nitrogen and oxygen atoms in total. The summed E-state index contributed by atoms with van der Waals surface area (Å²) < 4.78 is 3.34. The van der Waals surface area contributed by atoms with Gasteiger partial charge in [-0.05, 0) is 23.9 Å². The predicted molar refractivity (Wildman–Crippen MR) is 103 cm³/mol. The van der Waals surface area contributed by atoms with Gasteiger partial charge in [-0.25, -0.2) is 0 Å². The Morgan fingerprint density at radius 3 is 3.08 bits per heavy atom. The average Bonchev–Trinajstić information content (AvgIpc) is 3.37. The minimum atomic E-state index is -0.580. The van der Waals surface area contributed by atoms with Crippen molar-refractivity contribution in [1.29, 1.82) is 0 Å². The van der Waals surface area contributed by atoms with Gasteiger partial charge in [0.15, 0.2) is 11.8 Å². The molecule has 4 rings (SSSR count). The Kier molecular flexibility index (Phi) is 4.85. The van der Waals surface area contributed by atoms with E-state index >= 15 is 0 Å². The summed E-state index contributed by atoms with van der Waals surface area (Å²) in [5.74, 6) is 2.62. The number of rotatable bonds is 5. The summed E-state index contributed by atoms with van der Waals surface area (Å²) in [4.78, 5) is 5.17. The van der Waals surface area contributed by atoms with Crippen molar-refractivity contribution < 1.29 is 5.11 Å². The third-order valence-corrected chi connectivity index (χ3v) is 5.78. The quantitative estimate of drug-likeness (QED) is 0.471. The van der Waals surface area contributed by atoms with Crippen molar-refractivity contribution in [1.82, 2.24) is 25.4 Å². The number of aliphatic hydroxyl groups excluding tert-OH is 1. The Hall–Kier alpha value is -2.45. The van der Waals surface area contributed by atoms with Crippen LogP contribution in [0.2, 0.25) is 0 Å². The average molecular weight is 370 g/mol. The summed E-state index contributed by atoms with van der Waals surface area (Å²) in [6.45, 7) is 1.94. The zero-order valence-electron chi connectivity index (χ0n) is 14.6. The Morgan fingerprint density at radius 1 is 1.35 bits per heavy atom. The third kappa shape index (κ3) is 3.42. The third-order valence-electron chi connectivity index (χ3n) is 4.56. The first kappa shape index (κ1) is 17.0. The van der Waals surface area contributed by atoms with Gasteiger partial charge in [0.25, 0.3) is 0 Å².